The van der Waals surface area contributed by atoms with Gasteiger partial charge in [-0.05, 0) is 12.0 Å². The molecule has 0 fully saturated rings. The Labute approximate surface area is 72.0 Å². The maximum Gasteiger partial charge on any atom is 0.219 e. The van der Waals surface area contributed by atoms with Gasteiger partial charge in [-0.2, -0.15) is 0 Å². The minimum Gasteiger partial charge on any atom is -0.496 e. The molecule has 3 heteroatoms. The first-order valence-corrected chi connectivity index (χ1v) is 4.36. The molecule has 0 aromatic rings. The van der Waals surface area contributed by atoms with Crippen LogP contribution in [0.2, 0.25) is 0 Å². The summed E-state index contributed by atoms with van der Waals surface area (Å²) in [5.41, 5.74) is 1.42. The van der Waals surface area contributed by atoms with Crippen LogP contribution in [0.25, 0.3) is 0 Å². The van der Waals surface area contributed by atoms with Crippen LogP contribution in [0.3, 0.4) is 0 Å². The van der Waals surface area contributed by atoms with Gasteiger partial charge in [-0.15, -0.1) is 0 Å². The average molecular weight is 167 g/mol. The lowest BCUT2D eigenvalue weighted by Gasteiger charge is -2.26. The van der Waals surface area contributed by atoms with E-state index in [9.17, 15) is 4.79 Å². The zero-order valence-corrected chi connectivity index (χ0v) is 7.30. The van der Waals surface area contributed by atoms with Crippen molar-refractivity contribution < 1.29 is 9.53 Å². The number of carbonyl (C=O) groups excluding carboxylic acids is 1. The Morgan fingerprint density at radius 3 is 3.08 bits per heavy atom. The van der Waals surface area contributed by atoms with E-state index in [0.717, 1.165) is 31.8 Å². The zero-order chi connectivity index (χ0) is 8.55. The molecule has 2 aliphatic rings. The van der Waals surface area contributed by atoms with Gasteiger partial charge in [0, 0.05) is 19.9 Å². The van der Waals surface area contributed by atoms with E-state index in [1.807, 2.05) is 4.90 Å². The summed E-state index contributed by atoms with van der Waals surface area (Å²) in [5.74, 6) is 1.20. The molecule has 0 N–H and O–H groups in total. The first-order chi connectivity index (χ1) is 5.77. The fourth-order valence-corrected chi connectivity index (χ4v) is 1.75. The second kappa shape index (κ2) is 2.81. The highest BCUT2D eigenvalue weighted by atomic mass is 16.5. The topological polar surface area (TPSA) is 29.5 Å². The molecule has 1 amide bonds. The Kier molecular flexibility index (Phi) is 1.79. The first-order valence-electron chi connectivity index (χ1n) is 4.36. The minimum atomic E-state index is 0.150. The maximum atomic E-state index is 11.0. The number of amides is 1. The van der Waals surface area contributed by atoms with E-state index in [1.54, 1.807) is 6.92 Å². The van der Waals surface area contributed by atoms with Crippen LogP contribution in [-0.4, -0.2) is 30.5 Å². The minimum absolute atomic E-state index is 0.150. The van der Waals surface area contributed by atoms with Crippen LogP contribution < -0.4 is 0 Å². The molecule has 0 atom stereocenters. The van der Waals surface area contributed by atoms with E-state index in [2.05, 4.69) is 0 Å². The lowest BCUT2D eigenvalue weighted by Crippen LogP contribution is -2.34. The third-order valence-corrected chi connectivity index (χ3v) is 2.54. The highest BCUT2D eigenvalue weighted by molar-refractivity contribution is 5.73. The van der Waals surface area contributed by atoms with E-state index in [0.29, 0.717) is 6.54 Å². The molecular weight excluding hydrogens is 154 g/mol. The molecule has 0 spiro atoms. The van der Waals surface area contributed by atoms with Gasteiger partial charge in [0.1, 0.15) is 5.76 Å². The van der Waals surface area contributed by atoms with Gasteiger partial charge in [0.25, 0.3) is 0 Å². The van der Waals surface area contributed by atoms with Crippen LogP contribution in [0.1, 0.15) is 19.8 Å². The third kappa shape index (κ3) is 1.19. The molecule has 0 aromatic carbocycles. The Balaban J connectivity index is 2.09. The van der Waals surface area contributed by atoms with E-state index >= 15 is 0 Å². The van der Waals surface area contributed by atoms with Gasteiger partial charge in [-0.3, -0.25) is 4.79 Å². The van der Waals surface area contributed by atoms with Crippen LogP contribution in [-0.2, 0) is 9.53 Å². The molecule has 0 saturated carbocycles. The van der Waals surface area contributed by atoms with Crippen molar-refractivity contribution in [3.05, 3.63) is 11.3 Å². The molecule has 0 unspecified atom stereocenters. The quantitative estimate of drug-likeness (QED) is 0.536. The van der Waals surface area contributed by atoms with Gasteiger partial charge in [-0.25, -0.2) is 0 Å². The van der Waals surface area contributed by atoms with Crippen LogP contribution in [0.15, 0.2) is 11.3 Å². The van der Waals surface area contributed by atoms with Crippen molar-refractivity contribution in [3.63, 3.8) is 0 Å². The molecule has 2 rings (SSSR count). The van der Waals surface area contributed by atoms with Crippen LogP contribution in [0, 0.1) is 0 Å². The molecule has 0 radical (unpaired) electrons. The molecule has 2 heterocycles. The number of carbonyl (C=O) groups is 1. The number of rotatable bonds is 0. The summed E-state index contributed by atoms with van der Waals surface area (Å²) in [7, 11) is 0. The zero-order valence-electron chi connectivity index (χ0n) is 7.30. The van der Waals surface area contributed by atoms with Gasteiger partial charge in [-0.1, -0.05) is 0 Å². The highest BCUT2D eigenvalue weighted by Gasteiger charge is 2.24. The molecule has 0 bridgehead atoms. The Morgan fingerprint density at radius 1 is 1.50 bits per heavy atom. The van der Waals surface area contributed by atoms with Crippen LogP contribution in [0.5, 0.6) is 0 Å². The second-order valence-electron chi connectivity index (χ2n) is 3.32. The summed E-state index contributed by atoms with van der Waals surface area (Å²) in [6.07, 6.45) is 2.08. The summed E-state index contributed by atoms with van der Waals surface area (Å²) in [6, 6.07) is 0. The highest BCUT2D eigenvalue weighted by Crippen LogP contribution is 2.26. The summed E-state index contributed by atoms with van der Waals surface area (Å²) < 4.78 is 5.42. The molecule has 66 valence electrons. The lowest BCUT2D eigenvalue weighted by molar-refractivity contribution is -0.129. The number of hydrogen-bond acceptors (Lipinski definition) is 2. The first kappa shape index (κ1) is 7.65. The summed E-state index contributed by atoms with van der Waals surface area (Å²) in [5, 5.41) is 0. The summed E-state index contributed by atoms with van der Waals surface area (Å²) in [4.78, 5) is 12.9. The predicted octanol–water partition coefficient (Wildman–Crippen LogP) is 0.913. The van der Waals surface area contributed by atoms with Gasteiger partial charge < -0.3 is 9.64 Å². The predicted molar refractivity (Wildman–Crippen MR) is 44.5 cm³/mol. The fourth-order valence-electron chi connectivity index (χ4n) is 1.75. The van der Waals surface area contributed by atoms with Crippen molar-refractivity contribution in [2.24, 2.45) is 0 Å². The van der Waals surface area contributed by atoms with E-state index in [4.69, 9.17) is 4.74 Å². The Morgan fingerprint density at radius 2 is 2.33 bits per heavy atom. The summed E-state index contributed by atoms with van der Waals surface area (Å²) in [6.45, 7) is 4.00. The molecule has 12 heavy (non-hydrogen) atoms. The molecule has 0 aliphatic carbocycles. The fraction of sp³-hybridized carbons (Fsp3) is 0.667. The third-order valence-electron chi connectivity index (χ3n) is 2.54. The van der Waals surface area contributed by atoms with Gasteiger partial charge in [0.2, 0.25) is 5.91 Å². The second-order valence-corrected chi connectivity index (χ2v) is 3.32. The molecule has 3 nitrogen and oxygen atoms in total. The van der Waals surface area contributed by atoms with Crippen molar-refractivity contribution >= 4 is 5.91 Å². The van der Waals surface area contributed by atoms with Crippen molar-refractivity contribution in [2.75, 3.05) is 19.7 Å². The van der Waals surface area contributed by atoms with Crippen LogP contribution in [0.4, 0.5) is 0 Å². The van der Waals surface area contributed by atoms with Crippen molar-refractivity contribution in [2.45, 2.75) is 19.8 Å². The lowest BCUT2D eigenvalue weighted by atomic mass is 10.1. The standard InChI is InChI=1S/C9H13NO2/c1-7(11)10-4-2-8-3-5-12-9(8)6-10/h2-6H2,1H3. The molecule has 0 saturated heterocycles. The van der Waals surface area contributed by atoms with E-state index in [1.165, 1.54) is 5.57 Å². The molecule has 0 aromatic heterocycles. The van der Waals surface area contributed by atoms with Gasteiger partial charge in [0.05, 0.1) is 13.2 Å². The number of hydrogen-bond donors (Lipinski definition) is 0. The molecule has 2 aliphatic heterocycles. The number of nitrogens with zero attached hydrogens (tertiary/aromatic N) is 1. The SMILES string of the molecule is CC(=O)N1CCC2=C(C1)OCC2. The van der Waals surface area contributed by atoms with Crippen molar-refractivity contribution in [1.82, 2.24) is 4.90 Å². The smallest absolute Gasteiger partial charge is 0.219 e. The Hall–Kier alpha value is -0.990. The normalized spacial score (nSPS) is 22.2. The van der Waals surface area contributed by atoms with Crippen molar-refractivity contribution in [1.29, 1.82) is 0 Å². The van der Waals surface area contributed by atoms with Crippen molar-refractivity contribution in [3.8, 4) is 0 Å². The van der Waals surface area contributed by atoms with Gasteiger partial charge >= 0.3 is 0 Å². The molecular formula is C9H13NO2. The van der Waals surface area contributed by atoms with E-state index < -0.39 is 0 Å². The summed E-state index contributed by atoms with van der Waals surface area (Å²) >= 11 is 0. The average Bonchev–Trinajstić information content (AvgIpc) is 2.49. The van der Waals surface area contributed by atoms with E-state index in [-0.39, 0.29) is 5.91 Å². The maximum absolute atomic E-state index is 11.0. The number of ether oxygens (including phenoxy) is 1. The monoisotopic (exact) mass is 167 g/mol. The van der Waals surface area contributed by atoms with Gasteiger partial charge in [0.15, 0.2) is 0 Å². The largest absolute Gasteiger partial charge is 0.496 e. The van der Waals surface area contributed by atoms with Crippen LogP contribution >= 0.6 is 0 Å². The Bertz CT molecular complexity index is 245.